The van der Waals surface area contributed by atoms with Crippen LogP contribution in [-0.4, -0.2) is 23.1 Å². The van der Waals surface area contributed by atoms with Crippen LogP contribution in [0, 0.1) is 0 Å². The third kappa shape index (κ3) is 3.96. The number of hydrogen-bond acceptors (Lipinski definition) is 3. The van der Waals surface area contributed by atoms with Crippen LogP contribution in [0.4, 0.5) is 0 Å². The first-order valence-corrected chi connectivity index (χ1v) is 6.61. The number of carbonyl (C=O) groups excluding carboxylic acids is 1. The summed E-state index contributed by atoms with van der Waals surface area (Å²) in [5, 5.41) is 9.13. The lowest BCUT2D eigenvalue weighted by Gasteiger charge is -2.16. The number of carboxylic acid groups (broad SMARTS) is 1. The molecule has 104 valence electrons. The topological polar surface area (TPSA) is 63.6 Å². The Hall–Kier alpha value is -1.55. The summed E-state index contributed by atoms with van der Waals surface area (Å²) in [4.78, 5) is 23.2. The minimum absolute atomic E-state index is 0.00504. The normalized spacial score (nSPS) is 11.9. The molecule has 0 aromatic heterocycles. The average molecular weight is 285 g/mol. The molecule has 0 heterocycles. The number of carboxylic acids is 1. The maximum Gasteiger partial charge on any atom is 0.339 e. The first-order chi connectivity index (χ1) is 9.01. The van der Waals surface area contributed by atoms with Crippen LogP contribution in [-0.2, 0) is 4.74 Å². The van der Waals surface area contributed by atoms with Crippen molar-refractivity contribution in [2.75, 3.05) is 0 Å². The van der Waals surface area contributed by atoms with Crippen LogP contribution >= 0.6 is 11.6 Å². The van der Waals surface area contributed by atoms with Crippen molar-refractivity contribution in [3.8, 4) is 0 Å². The fraction of sp³-hybridized carbons (Fsp3) is 0.429. The molecule has 1 N–H and O–H groups in total. The largest absolute Gasteiger partial charge is 0.478 e. The molecular formula is C14H17ClO4. The first-order valence-electron chi connectivity index (χ1n) is 6.24. The smallest absolute Gasteiger partial charge is 0.339 e. The van der Waals surface area contributed by atoms with Gasteiger partial charge >= 0.3 is 11.9 Å². The van der Waals surface area contributed by atoms with Gasteiger partial charge in [-0.05, 0) is 25.0 Å². The summed E-state index contributed by atoms with van der Waals surface area (Å²) in [7, 11) is 0. The van der Waals surface area contributed by atoms with Gasteiger partial charge in [0.15, 0.2) is 0 Å². The van der Waals surface area contributed by atoms with E-state index < -0.39 is 11.9 Å². The van der Waals surface area contributed by atoms with Crippen molar-refractivity contribution in [3.63, 3.8) is 0 Å². The zero-order chi connectivity index (χ0) is 14.4. The van der Waals surface area contributed by atoms with Crippen molar-refractivity contribution in [2.45, 2.75) is 39.2 Å². The van der Waals surface area contributed by atoms with Gasteiger partial charge in [-0.2, -0.15) is 0 Å². The lowest BCUT2D eigenvalue weighted by atomic mass is 10.1. The average Bonchev–Trinajstić information content (AvgIpc) is 2.37. The summed E-state index contributed by atoms with van der Waals surface area (Å²) in [6, 6.07) is 4.38. The highest BCUT2D eigenvalue weighted by Gasteiger charge is 2.22. The van der Waals surface area contributed by atoms with Crippen LogP contribution in [0.1, 0.15) is 53.8 Å². The van der Waals surface area contributed by atoms with E-state index in [1.807, 2.05) is 13.8 Å². The molecule has 1 unspecified atom stereocenters. The molecule has 19 heavy (non-hydrogen) atoms. The molecule has 1 aromatic rings. The summed E-state index contributed by atoms with van der Waals surface area (Å²) >= 11 is 5.81. The number of halogens is 1. The molecule has 0 aliphatic heterocycles. The van der Waals surface area contributed by atoms with Gasteiger partial charge < -0.3 is 9.84 Å². The minimum atomic E-state index is -1.24. The van der Waals surface area contributed by atoms with E-state index in [9.17, 15) is 9.59 Å². The zero-order valence-corrected chi connectivity index (χ0v) is 11.7. The van der Waals surface area contributed by atoms with Crippen LogP contribution in [0.25, 0.3) is 0 Å². The highest BCUT2D eigenvalue weighted by molar-refractivity contribution is 6.34. The maximum absolute atomic E-state index is 12.0. The Labute approximate surface area is 117 Å². The third-order valence-corrected chi connectivity index (χ3v) is 3.10. The second-order valence-corrected chi connectivity index (χ2v) is 4.60. The molecule has 0 bridgehead atoms. The highest BCUT2D eigenvalue weighted by atomic mass is 35.5. The number of carbonyl (C=O) groups is 2. The highest BCUT2D eigenvalue weighted by Crippen LogP contribution is 2.22. The van der Waals surface area contributed by atoms with Crippen LogP contribution in [0.5, 0.6) is 0 Å². The van der Waals surface area contributed by atoms with Crippen molar-refractivity contribution in [3.05, 3.63) is 34.3 Å². The monoisotopic (exact) mass is 284 g/mol. The number of esters is 1. The van der Waals surface area contributed by atoms with E-state index in [1.165, 1.54) is 18.2 Å². The molecule has 0 spiro atoms. The molecule has 0 fully saturated rings. The number of hydrogen-bond donors (Lipinski definition) is 1. The SMILES string of the molecule is CCCC(CC)OC(=O)c1cccc(Cl)c1C(=O)O. The molecule has 1 atom stereocenters. The van der Waals surface area contributed by atoms with Crippen molar-refractivity contribution >= 4 is 23.5 Å². The van der Waals surface area contributed by atoms with Gasteiger partial charge in [0.05, 0.1) is 16.1 Å². The Kier molecular flexibility index (Phi) is 5.83. The number of rotatable bonds is 6. The lowest BCUT2D eigenvalue weighted by molar-refractivity contribution is 0.0266. The van der Waals surface area contributed by atoms with Gasteiger partial charge in [-0.3, -0.25) is 0 Å². The maximum atomic E-state index is 12.0. The summed E-state index contributed by atoms with van der Waals surface area (Å²) < 4.78 is 5.31. The quantitative estimate of drug-likeness (QED) is 0.808. The molecule has 0 aliphatic carbocycles. The molecule has 1 aromatic carbocycles. The predicted molar refractivity (Wildman–Crippen MR) is 72.8 cm³/mol. The van der Waals surface area contributed by atoms with Crippen molar-refractivity contribution < 1.29 is 19.4 Å². The summed E-state index contributed by atoms with van der Waals surface area (Å²) in [6.07, 6.45) is 2.15. The van der Waals surface area contributed by atoms with Crippen LogP contribution in [0.2, 0.25) is 5.02 Å². The van der Waals surface area contributed by atoms with Crippen LogP contribution in [0.3, 0.4) is 0 Å². The van der Waals surface area contributed by atoms with E-state index in [0.717, 1.165) is 12.8 Å². The molecule has 0 saturated carbocycles. The van der Waals surface area contributed by atoms with E-state index in [-0.39, 0.29) is 22.3 Å². The van der Waals surface area contributed by atoms with E-state index in [4.69, 9.17) is 21.4 Å². The van der Waals surface area contributed by atoms with Gasteiger partial charge in [-0.25, -0.2) is 9.59 Å². The molecular weight excluding hydrogens is 268 g/mol. The molecule has 1 rings (SSSR count). The van der Waals surface area contributed by atoms with Crippen LogP contribution < -0.4 is 0 Å². The predicted octanol–water partition coefficient (Wildman–Crippen LogP) is 3.77. The van der Waals surface area contributed by atoms with Crippen molar-refractivity contribution in [2.24, 2.45) is 0 Å². The van der Waals surface area contributed by atoms with Gasteiger partial charge in [-0.15, -0.1) is 0 Å². The fourth-order valence-corrected chi connectivity index (χ4v) is 2.05. The van der Waals surface area contributed by atoms with Crippen LogP contribution in [0.15, 0.2) is 18.2 Å². The van der Waals surface area contributed by atoms with E-state index in [2.05, 4.69) is 0 Å². The van der Waals surface area contributed by atoms with E-state index in [0.29, 0.717) is 6.42 Å². The summed E-state index contributed by atoms with van der Waals surface area (Å²) in [6.45, 7) is 3.92. The molecule has 4 nitrogen and oxygen atoms in total. The Morgan fingerprint density at radius 3 is 2.58 bits per heavy atom. The minimum Gasteiger partial charge on any atom is -0.478 e. The number of benzene rings is 1. The Morgan fingerprint density at radius 1 is 1.37 bits per heavy atom. The Bertz CT molecular complexity index is 471. The molecule has 0 aliphatic rings. The van der Waals surface area contributed by atoms with E-state index >= 15 is 0 Å². The number of ether oxygens (including phenoxy) is 1. The van der Waals surface area contributed by atoms with Crippen molar-refractivity contribution in [1.82, 2.24) is 0 Å². The summed E-state index contributed by atoms with van der Waals surface area (Å²) in [5.74, 6) is -1.87. The standard InChI is InChI=1S/C14H17ClO4/c1-3-6-9(4-2)19-14(18)10-7-5-8-11(15)12(10)13(16)17/h5,7-9H,3-4,6H2,1-2H3,(H,16,17). The second-order valence-electron chi connectivity index (χ2n) is 4.19. The first kappa shape index (κ1) is 15.5. The van der Waals surface area contributed by atoms with Gasteiger partial charge in [0.2, 0.25) is 0 Å². The van der Waals surface area contributed by atoms with Gasteiger partial charge in [0, 0.05) is 0 Å². The van der Waals surface area contributed by atoms with Gasteiger partial charge in [0.25, 0.3) is 0 Å². The Morgan fingerprint density at radius 2 is 2.05 bits per heavy atom. The van der Waals surface area contributed by atoms with Crippen molar-refractivity contribution in [1.29, 1.82) is 0 Å². The second kappa shape index (κ2) is 7.14. The summed E-state index contributed by atoms with van der Waals surface area (Å²) in [5.41, 5.74) is -0.213. The molecule has 0 saturated heterocycles. The van der Waals surface area contributed by atoms with Gasteiger partial charge in [-0.1, -0.05) is 37.9 Å². The zero-order valence-electron chi connectivity index (χ0n) is 11.0. The van der Waals surface area contributed by atoms with Gasteiger partial charge in [0.1, 0.15) is 6.10 Å². The van der Waals surface area contributed by atoms with E-state index in [1.54, 1.807) is 0 Å². The Balaban J connectivity index is 3.00. The lowest BCUT2D eigenvalue weighted by Crippen LogP contribution is -2.19. The molecule has 0 radical (unpaired) electrons. The number of aromatic carboxylic acids is 1. The fourth-order valence-electron chi connectivity index (χ4n) is 1.79. The third-order valence-electron chi connectivity index (χ3n) is 2.79. The molecule has 5 heteroatoms. The molecule has 0 amide bonds.